The highest BCUT2D eigenvalue weighted by Crippen LogP contribution is 2.42. The van der Waals surface area contributed by atoms with E-state index in [0.717, 1.165) is 30.4 Å². The molecule has 0 saturated heterocycles. The van der Waals surface area contributed by atoms with E-state index >= 15 is 0 Å². The molecular formula is C25H34N2O5S. The third-order valence-electron chi connectivity index (χ3n) is 6.44. The van der Waals surface area contributed by atoms with Gasteiger partial charge < -0.3 is 14.8 Å². The lowest BCUT2D eigenvalue weighted by atomic mass is 9.83. The highest BCUT2D eigenvalue weighted by atomic mass is 32.2. The predicted molar refractivity (Wildman–Crippen MR) is 130 cm³/mol. The summed E-state index contributed by atoms with van der Waals surface area (Å²) in [4.78, 5) is 13.6. The van der Waals surface area contributed by atoms with E-state index in [0.29, 0.717) is 24.3 Å². The van der Waals surface area contributed by atoms with Crippen LogP contribution in [0.1, 0.15) is 58.1 Å². The van der Waals surface area contributed by atoms with Gasteiger partial charge >= 0.3 is 0 Å². The molecule has 2 atom stereocenters. The summed E-state index contributed by atoms with van der Waals surface area (Å²) in [7, 11) is -2.22. The predicted octanol–water partition coefficient (Wildman–Crippen LogP) is 4.44. The van der Waals surface area contributed by atoms with E-state index in [2.05, 4.69) is 19.2 Å². The molecule has 0 spiro atoms. The molecule has 3 rings (SSSR count). The molecule has 0 unspecified atom stereocenters. The van der Waals surface area contributed by atoms with Crippen molar-refractivity contribution in [1.82, 2.24) is 5.32 Å². The van der Waals surface area contributed by atoms with Crippen molar-refractivity contribution in [3.8, 4) is 11.5 Å². The Morgan fingerprint density at radius 3 is 2.48 bits per heavy atom. The largest absolute Gasteiger partial charge is 0.497 e. The molecule has 8 heteroatoms. The minimum Gasteiger partial charge on any atom is -0.497 e. The maximum absolute atomic E-state index is 13.6. The van der Waals surface area contributed by atoms with Crippen LogP contribution in [-0.2, 0) is 14.8 Å². The number of hydrogen-bond acceptors (Lipinski definition) is 5. The van der Waals surface area contributed by atoms with Crippen LogP contribution < -0.4 is 19.1 Å². The number of nitrogens with zero attached hydrogens (tertiary/aromatic N) is 1. The van der Waals surface area contributed by atoms with Crippen molar-refractivity contribution < 1.29 is 22.7 Å². The van der Waals surface area contributed by atoms with E-state index in [1.807, 2.05) is 31.2 Å². The van der Waals surface area contributed by atoms with Crippen LogP contribution in [0.3, 0.4) is 0 Å². The summed E-state index contributed by atoms with van der Waals surface area (Å²) in [6, 6.07) is 13.3. The Kier molecular flexibility index (Phi) is 7.57. The molecule has 33 heavy (non-hydrogen) atoms. The molecule has 1 amide bonds. The van der Waals surface area contributed by atoms with Gasteiger partial charge in [-0.2, -0.15) is 0 Å². The van der Waals surface area contributed by atoms with Crippen LogP contribution in [0.15, 0.2) is 48.5 Å². The second-order valence-electron chi connectivity index (χ2n) is 8.48. The number of methoxy groups -OCH3 is 1. The zero-order valence-corrected chi connectivity index (χ0v) is 20.8. The fourth-order valence-corrected chi connectivity index (χ4v) is 5.71. The SMILES string of the molecule is CC[C@H](C(=O)N[C@@H]1CC(CC)(CC)Oc2ccccc21)N(c1cccc(OC)c1)S(C)(=O)=O. The monoisotopic (exact) mass is 474 g/mol. The quantitative estimate of drug-likeness (QED) is 0.581. The number of carbonyl (C=O) groups is 1. The van der Waals surface area contributed by atoms with Gasteiger partial charge in [0.05, 0.1) is 25.1 Å². The summed E-state index contributed by atoms with van der Waals surface area (Å²) in [6.45, 7) is 5.97. The number of ether oxygens (including phenoxy) is 2. The summed E-state index contributed by atoms with van der Waals surface area (Å²) >= 11 is 0. The number of carbonyl (C=O) groups excluding carboxylic acids is 1. The molecule has 2 aromatic rings. The molecule has 0 bridgehead atoms. The lowest BCUT2D eigenvalue weighted by Crippen LogP contribution is -2.52. The number of fused-ring (bicyclic) bond motifs is 1. The van der Waals surface area contributed by atoms with E-state index in [-0.39, 0.29) is 17.6 Å². The summed E-state index contributed by atoms with van der Waals surface area (Å²) < 4.78 is 38.4. The summed E-state index contributed by atoms with van der Waals surface area (Å²) in [5.74, 6) is 0.942. The average molecular weight is 475 g/mol. The summed E-state index contributed by atoms with van der Waals surface area (Å²) in [5, 5.41) is 3.14. The number of para-hydroxylation sites is 1. The topological polar surface area (TPSA) is 84.9 Å². The van der Waals surface area contributed by atoms with E-state index < -0.39 is 16.1 Å². The lowest BCUT2D eigenvalue weighted by molar-refractivity contribution is -0.123. The molecule has 0 fully saturated rings. The van der Waals surface area contributed by atoms with Crippen molar-refractivity contribution in [2.75, 3.05) is 17.7 Å². The number of nitrogens with one attached hydrogen (secondary N) is 1. The van der Waals surface area contributed by atoms with Crippen LogP contribution in [0.2, 0.25) is 0 Å². The van der Waals surface area contributed by atoms with Crippen molar-refractivity contribution >= 4 is 21.6 Å². The first-order valence-corrected chi connectivity index (χ1v) is 13.2. The number of anilines is 1. The molecule has 7 nitrogen and oxygen atoms in total. The van der Waals surface area contributed by atoms with E-state index in [4.69, 9.17) is 9.47 Å². The smallest absolute Gasteiger partial charge is 0.244 e. The van der Waals surface area contributed by atoms with Crippen LogP contribution in [-0.4, -0.2) is 39.3 Å². The fourth-order valence-electron chi connectivity index (χ4n) is 4.51. The van der Waals surface area contributed by atoms with Gasteiger partial charge in [-0.1, -0.05) is 45.0 Å². The number of rotatable bonds is 9. The normalized spacial score (nSPS) is 17.9. The molecular weight excluding hydrogens is 440 g/mol. The van der Waals surface area contributed by atoms with Gasteiger partial charge in [0.25, 0.3) is 0 Å². The van der Waals surface area contributed by atoms with Gasteiger partial charge in [-0.15, -0.1) is 0 Å². The van der Waals surface area contributed by atoms with Crippen LogP contribution >= 0.6 is 0 Å². The third kappa shape index (κ3) is 5.27. The zero-order chi connectivity index (χ0) is 24.2. The molecule has 1 heterocycles. The maximum atomic E-state index is 13.6. The van der Waals surface area contributed by atoms with E-state index in [1.54, 1.807) is 24.3 Å². The molecule has 0 aromatic heterocycles. The lowest BCUT2D eigenvalue weighted by Gasteiger charge is -2.42. The van der Waals surface area contributed by atoms with Crippen LogP contribution in [0.5, 0.6) is 11.5 Å². The zero-order valence-electron chi connectivity index (χ0n) is 20.0. The Bertz CT molecular complexity index is 1080. The number of benzene rings is 2. The molecule has 2 aromatic carbocycles. The van der Waals surface area contributed by atoms with Crippen molar-refractivity contribution in [1.29, 1.82) is 0 Å². The first-order chi connectivity index (χ1) is 15.7. The first-order valence-electron chi connectivity index (χ1n) is 11.4. The Morgan fingerprint density at radius 2 is 1.88 bits per heavy atom. The average Bonchev–Trinajstić information content (AvgIpc) is 2.81. The van der Waals surface area contributed by atoms with Gasteiger partial charge in [0.15, 0.2) is 0 Å². The number of sulfonamides is 1. The molecule has 1 aliphatic heterocycles. The minimum absolute atomic E-state index is 0.275. The second kappa shape index (κ2) is 10.0. The molecule has 180 valence electrons. The highest BCUT2D eigenvalue weighted by molar-refractivity contribution is 7.92. The number of amides is 1. The highest BCUT2D eigenvalue weighted by Gasteiger charge is 2.40. The standard InChI is InChI=1S/C25H34N2O5S/c1-6-22(27(33(5,29)30)18-12-11-13-19(16-18)31-4)24(28)26-21-17-25(7-2,8-3)32-23-15-10-9-14-20(21)23/h9-16,21-22H,6-8,17H2,1-5H3,(H,26,28)/t21-,22-/m1/s1. The van der Waals surface area contributed by atoms with Crippen molar-refractivity contribution in [2.45, 2.75) is 64.1 Å². The van der Waals surface area contributed by atoms with Gasteiger partial charge in [0.2, 0.25) is 15.9 Å². The molecule has 1 aliphatic rings. The Hall–Kier alpha value is -2.74. The van der Waals surface area contributed by atoms with Gasteiger partial charge in [0.1, 0.15) is 23.1 Å². The maximum Gasteiger partial charge on any atom is 0.244 e. The van der Waals surface area contributed by atoms with Crippen LogP contribution in [0, 0.1) is 0 Å². The minimum atomic E-state index is -3.74. The number of hydrogen-bond donors (Lipinski definition) is 1. The van der Waals surface area contributed by atoms with Gasteiger partial charge in [-0.05, 0) is 37.5 Å². The Balaban J connectivity index is 1.96. The van der Waals surface area contributed by atoms with Gasteiger partial charge in [-0.3, -0.25) is 9.10 Å². The van der Waals surface area contributed by atoms with E-state index in [1.165, 1.54) is 11.4 Å². The van der Waals surface area contributed by atoms with Crippen LogP contribution in [0.25, 0.3) is 0 Å². The molecule has 0 radical (unpaired) electrons. The van der Waals surface area contributed by atoms with Gasteiger partial charge in [0, 0.05) is 18.1 Å². The van der Waals surface area contributed by atoms with Crippen molar-refractivity contribution in [3.63, 3.8) is 0 Å². The Morgan fingerprint density at radius 1 is 1.18 bits per heavy atom. The molecule has 1 N–H and O–H groups in total. The van der Waals surface area contributed by atoms with Crippen LogP contribution in [0.4, 0.5) is 5.69 Å². The summed E-state index contributed by atoms with van der Waals surface area (Å²) in [5.41, 5.74) is 0.922. The molecule has 0 aliphatic carbocycles. The molecule has 0 saturated carbocycles. The fraction of sp³-hybridized carbons (Fsp3) is 0.480. The Labute approximate surface area is 197 Å². The third-order valence-corrected chi connectivity index (χ3v) is 7.62. The van der Waals surface area contributed by atoms with Crippen molar-refractivity contribution in [3.05, 3.63) is 54.1 Å². The van der Waals surface area contributed by atoms with Crippen molar-refractivity contribution in [2.24, 2.45) is 0 Å². The summed E-state index contributed by atoms with van der Waals surface area (Å²) in [6.07, 6.45) is 3.66. The second-order valence-corrected chi connectivity index (χ2v) is 10.3. The van der Waals surface area contributed by atoms with Gasteiger partial charge in [-0.25, -0.2) is 8.42 Å². The first kappa shape index (κ1) is 24.9. The van der Waals surface area contributed by atoms with E-state index in [9.17, 15) is 13.2 Å².